The maximum atomic E-state index is 11.2. The standard InChI is InChI=1S/C44H66O3/c1-7-9-11-13-15-23-32-41(36-26-19-17-20-27-36)46-43(3,4)34-38-30-25-31-40(45)39(38)35-44(5,6)47-42(37-28-21-18-22-29-37)33-24-16-14-12-10-8-2/h17-22,25-31,41-42,45H,7-16,23-24,32-35H2,1-6H3. The SMILES string of the molecule is CCCCCCCCC(OC(C)(C)Cc1cccc(O)c1CC(C)(C)OC(CCCCCCCC)c1ccccc1)c1ccccc1. The van der Waals surface area contributed by atoms with Crippen molar-refractivity contribution >= 4 is 0 Å². The molecule has 0 spiro atoms. The average molecular weight is 643 g/mol. The van der Waals surface area contributed by atoms with Gasteiger partial charge in [-0.1, -0.05) is 164 Å². The Morgan fingerprint density at radius 1 is 0.511 bits per heavy atom. The van der Waals surface area contributed by atoms with Gasteiger partial charge in [0.2, 0.25) is 0 Å². The van der Waals surface area contributed by atoms with Crippen LogP contribution in [0.4, 0.5) is 0 Å². The number of rotatable bonds is 24. The fourth-order valence-electron chi connectivity index (χ4n) is 6.87. The molecule has 0 aromatic heterocycles. The summed E-state index contributed by atoms with van der Waals surface area (Å²) in [4.78, 5) is 0. The molecule has 0 heterocycles. The number of phenols is 1. The van der Waals surface area contributed by atoms with Gasteiger partial charge < -0.3 is 14.6 Å². The summed E-state index contributed by atoms with van der Waals surface area (Å²) in [6, 6.07) is 27.3. The van der Waals surface area contributed by atoms with E-state index in [9.17, 15) is 5.11 Å². The van der Waals surface area contributed by atoms with E-state index in [-0.39, 0.29) is 12.2 Å². The van der Waals surface area contributed by atoms with Gasteiger partial charge in [0.15, 0.2) is 0 Å². The summed E-state index contributed by atoms with van der Waals surface area (Å²) in [5.41, 5.74) is 3.69. The zero-order chi connectivity index (χ0) is 34.0. The smallest absolute Gasteiger partial charge is 0.119 e. The number of hydrogen-bond acceptors (Lipinski definition) is 3. The minimum Gasteiger partial charge on any atom is -0.508 e. The maximum absolute atomic E-state index is 11.2. The zero-order valence-corrected chi connectivity index (χ0v) is 30.7. The van der Waals surface area contributed by atoms with E-state index in [0.717, 1.165) is 30.4 Å². The molecule has 0 aliphatic carbocycles. The first-order chi connectivity index (χ1) is 22.6. The number of ether oxygens (including phenoxy) is 2. The molecule has 0 aliphatic heterocycles. The number of unbranched alkanes of at least 4 members (excludes halogenated alkanes) is 10. The Morgan fingerprint density at radius 2 is 0.936 bits per heavy atom. The fourth-order valence-corrected chi connectivity index (χ4v) is 6.87. The van der Waals surface area contributed by atoms with E-state index in [1.165, 1.54) is 81.8 Å². The largest absolute Gasteiger partial charge is 0.508 e. The van der Waals surface area contributed by atoms with Crippen molar-refractivity contribution in [2.75, 3.05) is 0 Å². The molecule has 0 fully saturated rings. The highest BCUT2D eigenvalue weighted by atomic mass is 16.5. The van der Waals surface area contributed by atoms with E-state index in [2.05, 4.69) is 108 Å². The van der Waals surface area contributed by atoms with Crippen LogP contribution in [0.1, 0.15) is 166 Å². The van der Waals surface area contributed by atoms with Crippen LogP contribution in [0, 0.1) is 0 Å². The highest BCUT2D eigenvalue weighted by Crippen LogP contribution is 2.37. The van der Waals surface area contributed by atoms with Gasteiger partial charge in [-0.15, -0.1) is 0 Å². The zero-order valence-electron chi connectivity index (χ0n) is 30.7. The van der Waals surface area contributed by atoms with Gasteiger partial charge in [0, 0.05) is 12.8 Å². The van der Waals surface area contributed by atoms with Crippen molar-refractivity contribution in [1.82, 2.24) is 0 Å². The van der Waals surface area contributed by atoms with Crippen LogP contribution in [0.5, 0.6) is 5.75 Å². The van der Waals surface area contributed by atoms with Crippen LogP contribution in [-0.2, 0) is 22.3 Å². The van der Waals surface area contributed by atoms with Gasteiger partial charge in [0.1, 0.15) is 5.75 Å². The van der Waals surface area contributed by atoms with Gasteiger partial charge in [0.25, 0.3) is 0 Å². The summed E-state index contributed by atoms with van der Waals surface area (Å²) in [5, 5.41) is 11.2. The lowest BCUT2D eigenvalue weighted by atomic mass is 9.88. The molecular weight excluding hydrogens is 576 g/mol. The lowest BCUT2D eigenvalue weighted by Crippen LogP contribution is -2.32. The highest BCUT2D eigenvalue weighted by Gasteiger charge is 2.30. The molecule has 1 N–H and O–H groups in total. The topological polar surface area (TPSA) is 38.7 Å². The monoisotopic (exact) mass is 643 g/mol. The second-order valence-corrected chi connectivity index (χ2v) is 14.9. The Kier molecular flexibility index (Phi) is 17.1. The molecule has 3 heteroatoms. The van der Waals surface area contributed by atoms with Crippen molar-refractivity contribution < 1.29 is 14.6 Å². The second-order valence-electron chi connectivity index (χ2n) is 14.9. The van der Waals surface area contributed by atoms with Gasteiger partial charge in [-0.2, -0.15) is 0 Å². The van der Waals surface area contributed by atoms with Crippen molar-refractivity contribution in [2.24, 2.45) is 0 Å². The molecule has 2 atom stereocenters. The van der Waals surface area contributed by atoms with Crippen molar-refractivity contribution in [3.8, 4) is 5.75 Å². The van der Waals surface area contributed by atoms with E-state index in [1.54, 1.807) is 0 Å². The van der Waals surface area contributed by atoms with Crippen LogP contribution < -0.4 is 0 Å². The van der Waals surface area contributed by atoms with Crippen LogP contribution in [0.2, 0.25) is 0 Å². The molecule has 2 unspecified atom stereocenters. The molecular formula is C44H66O3. The summed E-state index contributed by atoms with van der Waals surface area (Å²) >= 11 is 0. The molecule has 260 valence electrons. The summed E-state index contributed by atoms with van der Waals surface area (Å²) < 4.78 is 13.9. The number of aromatic hydroxyl groups is 1. The Labute approximate surface area is 288 Å². The molecule has 0 saturated heterocycles. The van der Waals surface area contributed by atoms with Crippen LogP contribution >= 0.6 is 0 Å². The van der Waals surface area contributed by atoms with Crippen LogP contribution in [0.15, 0.2) is 78.9 Å². The van der Waals surface area contributed by atoms with E-state index in [0.29, 0.717) is 18.6 Å². The average Bonchev–Trinajstić information content (AvgIpc) is 3.05. The summed E-state index contributed by atoms with van der Waals surface area (Å²) in [5.74, 6) is 0.342. The van der Waals surface area contributed by atoms with Crippen molar-refractivity contribution in [3.05, 3.63) is 101 Å². The Balaban J connectivity index is 1.72. The maximum Gasteiger partial charge on any atom is 0.119 e. The number of phenolic OH excluding ortho intramolecular Hbond substituents is 1. The molecule has 0 radical (unpaired) electrons. The quantitative estimate of drug-likeness (QED) is 0.0988. The summed E-state index contributed by atoms with van der Waals surface area (Å²) in [6.45, 7) is 13.3. The lowest BCUT2D eigenvalue weighted by molar-refractivity contribution is -0.0806. The summed E-state index contributed by atoms with van der Waals surface area (Å²) in [7, 11) is 0. The van der Waals surface area contributed by atoms with Gasteiger partial charge in [-0.05, 0) is 68.9 Å². The molecule has 3 nitrogen and oxygen atoms in total. The Morgan fingerprint density at radius 3 is 1.40 bits per heavy atom. The first kappa shape index (κ1) is 38.8. The second kappa shape index (κ2) is 20.7. The van der Waals surface area contributed by atoms with E-state index < -0.39 is 11.2 Å². The molecule has 0 saturated carbocycles. The number of benzene rings is 3. The van der Waals surface area contributed by atoms with Crippen molar-refractivity contribution in [3.63, 3.8) is 0 Å². The third kappa shape index (κ3) is 14.6. The molecule has 3 aromatic rings. The molecule has 0 bridgehead atoms. The molecule has 0 amide bonds. The minimum atomic E-state index is -0.467. The van der Waals surface area contributed by atoms with E-state index in [1.807, 2.05) is 12.1 Å². The Bertz CT molecular complexity index is 1230. The Hall–Kier alpha value is -2.62. The number of hydrogen-bond donors (Lipinski definition) is 1. The first-order valence-corrected chi connectivity index (χ1v) is 18.9. The minimum absolute atomic E-state index is 0.0278. The van der Waals surface area contributed by atoms with Crippen molar-refractivity contribution in [1.29, 1.82) is 0 Å². The van der Waals surface area contributed by atoms with Gasteiger partial charge in [0.05, 0.1) is 23.4 Å². The van der Waals surface area contributed by atoms with Crippen molar-refractivity contribution in [2.45, 2.75) is 168 Å². The van der Waals surface area contributed by atoms with E-state index in [4.69, 9.17) is 9.47 Å². The molecule has 3 aromatic carbocycles. The van der Waals surface area contributed by atoms with Gasteiger partial charge >= 0.3 is 0 Å². The molecule has 47 heavy (non-hydrogen) atoms. The molecule has 0 aliphatic rings. The van der Waals surface area contributed by atoms with Gasteiger partial charge in [-0.3, -0.25) is 0 Å². The predicted molar refractivity (Wildman–Crippen MR) is 200 cm³/mol. The third-order valence-electron chi connectivity index (χ3n) is 9.37. The van der Waals surface area contributed by atoms with Crippen LogP contribution in [0.25, 0.3) is 0 Å². The highest BCUT2D eigenvalue weighted by molar-refractivity contribution is 5.41. The third-order valence-corrected chi connectivity index (χ3v) is 9.37. The van der Waals surface area contributed by atoms with Crippen LogP contribution in [-0.4, -0.2) is 16.3 Å². The predicted octanol–water partition coefficient (Wildman–Crippen LogP) is 13.1. The first-order valence-electron chi connectivity index (χ1n) is 18.9. The lowest BCUT2D eigenvalue weighted by Gasteiger charge is -2.34. The fraction of sp³-hybridized carbons (Fsp3) is 0.591. The molecule has 3 rings (SSSR count). The summed E-state index contributed by atoms with van der Waals surface area (Å²) in [6.07, 6.45) is 18.7. The van der Waals surface area contributed by atoms with Gasteiger partial charge in [-0.25, -0.2) is 0 Å². The normalized spacial score (nSPS) is 13.5. The van der Waals surface area contributed by atoms with E-state index >= 15 is 0 Å². The van der Waals surface area contributed by atoms with Crippen LogP contribution in [0.3, 0.4) is 0 Å².